The quantitative estimate of drug-likeness (QED) is 0.330. The van der Waals surface area contributed by atoms with Crippen molar-refractivity contribution in [3.63, 3.8) is 0 Å². The van der Waals surface area contributed by atoms with Crippen LogP contribution in [0.5, 0.6) is 0 Å². The minimum Gasteiger partial charge on any atom is -0.356 e. The number of rotatable bonds is 7. The van der Waals surface area contributed by atoms with Crippen LogP contribution in [0.4, 0.5) is 0 Å². The van der Waals surface area contributed by atoms with E-state index in [1.807, 2.05) is 0 Å². The first-order valence-electron chi connectivity index (χ1n) is 13.8. The molecule has 2 nitrogen and oxygen atoms in total. The van der Waals surface area contributed by atoms with Gasteiger partial charge in [0, 0.05) is 12.5 Å². The number of hydrogen-bond acceptors (Lipinski definition) is 1. The molecule has 1 N–H and O–H groups in total. The second-order valence-electron chi connectivity index (χ2n) is 12.3. The van der Waals surface area contributed by atoms with E-state index in [1.54, 1.807) is 5.57 Å². The Balaban J connectivity index is 1.47. The smallest absolute Gasteiger partial charge is 0.223 e. The van der Waals surface area contributed by atoms with Crippen LogP contribution in [0.3, 0.4) is 0 Å². The summed E-state index contributed by atoms with van der Waals surface area (Å²) >= 11 is 0. The van der Waals surface area contributed by atoms with Gasteiger partial charge in [0.05, 0.1) is 0 Å². The zero-order chi connectivity index (χ0) is 22.2. The summed E-state index contributed by atoms with van der Waals surface area (Å²) in [4.78, 5) is 12.7. The normalized spacial score (nSPS) is 42.7. The first kappa shape index (κ1) is 23.4. The molecule has 4 rings (SSSR count). The Hall–Kier alpha value is -0.790. The van der Waals surface area contributed by atoms with Crippen molar-refractivity contribution in [3.8, 4) is 0 Å². The molecule has 31 heavy (non-hydrogen) atoms. The van der Waals surface area contributed by atoms with E-state index in [0.29, 0.717) is 16.7 Å². The van der Waals surface area contributed by atoms with E-state index >= 15 is 0 Å². The largest absolute Gasteiger partial charge is 0.356 e. The fourth-order valence-corrected chi connectivity index (χ4v) is 9.05. The molecule has 8 atom stereocenters. The highest BCUT2D eigenvalue weighted by molar-refractivity contribution is 5.79. The number of amides is 1. The van der Waals surface area contributed by atoms with Crippen LogP contribution in [-0.4, -0.2) is 12.5 Å². The van der Waals surface area contributed by atoms with Crippen LogP contribution in [0.2, 0.25) is 0 Å². The van der Waals surface area contributed by atoms with Gasteiger partial charge < -0.3 is 5.32 Å². The molecule has 0 spiro atoms. The van der Waals surface area contributed by atoms with Crippen LogP contribution in [0.25, 0.3) is 0 Å². The Labute approximate surface area is 192 Å². The van der Waals surface area contributed by atoms with Crippen LogP contribution in [0.15, 0.2) is 11.6 Å². The summed E-state index contributed by atoms with van der Waals surface area (Å²) in [7, 11) is 0. The average Bonchev–Trinajstić information content (AvgIpc) is 3.10. The SMILES string of the molecule is CCCCNC(=O)C1CCC2(C)C(=CCC3C2CCC2(C)C(C(C)CCC)CCC32)C1. The maximum atomic E-state index is 12.7. The van der Waals surface area contributed by atoms with Crippen LogP contribution in [0, 0.1) is 46.3 Å². The summed E-state index contributed by atoms with van der Waals surface area (Å²) in [5, 5.41) is 3.21. The second kappa shape index (κ2) is 9.22. The number of allylic oxidation sites excluding steroid dienone is 2. The van der Waals surface area contributed by atoms with E-state index in [-0.39, 0.29) is 5.92 Å². The lowest BCUT2D eigenvalue weighted by molar-refractivity contribution is -0.126. The summed E-state index contributed by atoms with van der Waals surface area (Å²) in [5.74, 6) is 5.05. The van der Waals surface area contributed by atoms with E-state index in [2.05, 4.69) is 46.0 Å². The van der Waals surface area contributed by atoms with Gasteiger partial charge in [0.15, 0.2) is 0 Å². The lowest BCUT2D eigenvalue weighted by atomic mass is 9.46. The fourth-order valence-electron chi connectivity index (χ4n) is 9.05. The van der Waals surface area contributed by atoms with E-state index in [9.17, 15) is 4.79 Å². The van der Waals surface area contributed by atoms with Gasteiger partial charge in [0.1, 0.15) is 0 Å². The molecule has 1 amide bonds. The Morgan fingerprint density at radius 2 is 1.90 bits per heavy atom. The Morgan fingerprint density at radius 3 is 2.65 bits per heavy atom. The molecule has 2 heteroatoms. The molecule has 3 fully saturated rings. The minimum absolute atomic E-state index is 0.215. The van der Waals surface area contributed by atoms with Crippen molar-refractivity contribution < 1.29 is 4.79 Å². The van der Waals surface area contributed by atoms with Gasteiger partial charge in [-0.05, 0) is 98.2 Å². The molecule has 0 saturated heterocycles. The van der Waals surface area contributed by atoms with Crippen molar-refractivity contribution in [2.45, 2.75) is 112 Å². The highest BCUT2D eigenvalue weighted by Gasteiger charge is 2.59. The molecule has 4 aliphatic carbocycles. The number of hydrogen-bond donors (Lipinski definition) is 1. The maximum Gasteiger partial charge on any atom is 0.223 e. The summed E-state index contributed by atoms with van der Waals surface area (Å²) < 4.78 is 0. The molecule has 0 bridgehead atoms. The lowest BCUT2D eigenvalue weighted by Crippen LogP contribution is -2.51. The molecule has 4 aliphatic rings. The molecule has 3 saturated carbocycles. The molecule has 0 radical (unpaired) electrons. The summed E-state index contributed by atoms with van der Waals surface area (Å²) in [6, 6.07) is 0. The number of unbranched alkanes of at least 4 members (excludes halogenated alkanes) is 1. The van der Waals surface area contributed by atoms with Gasteiger partial charge in [-0.25, -0.2) is 0 Å². The second-order valence-corrected chi connectivity index (χ2v) is 12.3. The van der Waals surface area contributed by atoms with Crippen molar-refractivity contribution in [2.75, 3.05) is 6.54 Å². The van der Waals surface area contributed by atoms with Gasteiger partial charge in [-0.3, -0.25) is 4.79 Å². The summed E-state index contributed by atoms with van der Waals surface area (Å²) in [5.41, 5.74) is 2.58. The molecule has 0 aromatic heterocycles. The van der Waals surface area contributed by atoms with E-state index in [4.69, 9.17) is 0 Å². The average molecular weight is 428 g/mol. The molecule has 8 unspecified atom stereocenters. The highest BCUT2D eigenvalue weighted by Crippen LogP contribution is 2.67. The standard InChI is InChI=1S/C29H49NO/c1-6-8-18-30-27(31)21-14-16-28(4)22(19-21)10-11-23-25-13-12-24(20(3)9-7-2)29(25,5)17-15-26(23)28/h10,20-21,23-26H,6-9,11-19H2,1-5H3,(H,30,31). The van der Waals surface area contributed by atoms with Crippen LogP contribution < -0.4 is 5.32 Å². The molecule has 0 heterocycles. The van der Waals surface area contributed by atoms with Crippen molar-refractivity contribution in [1.29, 1.82) is 0 Å². The van der Waals surface area contributed by atoms with Gasteiger partial charge in [-0.15, -0.1) is 0 Å². The van der Waals surface area contributed by atoms with Gasteiger partial charge in [0.2, 0.25) is 5.91 Å². The zero-order valence-corrected chi connectivity index (χ0v) is 21.1. The number of fused-ring (bicyclic) bond motifs is 5. The van der Waals surface area contributed by atoms with Crippen LogP contribution in [-0.2, 0) is 4.79 Å². The molecule has 0 aromatic rings. The molecule has 0 aromatic carbocycles. The Bertz CT molecular complexity index is 682. The third-order valence-corrected chi connectivity index (χ3v) is 10.8. The van der Waals surface area contributed by atoms with Gasteiger partial charge in [-0.1, -0.05) is 65.5 Å². The van der Waals surface area contributed by atoms with Crippen molar-refractivity contribution >= 4 is 5.91 Å². The van der Waals surface area contributed by atoms with Gasteiger partial charge >= 0.3 is 0 Å². The van der Waals surface area contributed by atoms with Crippen molar-refractivity contribution in [3.05, 3.63) is 11.6 Å². The number of nitrogens with one attached hydrogen (secondary N) is 1. The van der Waals surface area contributed by atoms with Crippen LogP contribution >= 0.6 is 0 Å². The number of carbonyl (C=O) groups excluding carboxylic acids is 1. The molecule has 0 aliphatic heterocycles. The minimum atomic E-state index is 0.215. The summed E-state index contributed by atoms with van der Waals surface area (Å²) in [6.07, 6.45) is 18.1. The van der Waals surface area contributed by atoms with Crippen LogP contribution in [0.1, 0.15) is 112 Å². The first-order chi connectivity index (χ1) is 14.8. The monoisotopic (exact) mass is 427 g/mol. The lowest BCUT2D eigenvalue weighted by Gasteiger charge is -2.58. The van der Waals surface area contributed by atoms with Gasteiger partial charge in [-0.2, -0.15) is 0 Å². The molecular formula is C29H49NO. The third kappa shape index (κ3) is 4.04. The fraction of sp³-hybridized carbons (Fsp3) is 0.897. The Morgan fingerprint density at radius 1 is 1.10 bits per heavy atom. The topological polar surface area (TPSA) is 29.1 Å². The van der Waals surface area contributed by atoms with Crippen molar-refractivity contribution in [2.24, 2.45) is 46.3 Å². The molecule has 176 valence electrons. The third-order valence-electron chi connectivity index (χ3n) is 10.8. The van der Waals surface area contributed by atoms with E-state index < -0.39 is 0 Å². The number of carbonyl (C=O) groups is 1. The zero-order valence-electron chi connectivity index (χ0n) is 21.1. The van der Waals surface area contributed by atoms with E-state index in [1.165, 1.54) is 51.4 Å². The van der Waals surface area contributed by atoms with Gasteiger partial charge in [0.25, 0.3) is 0 Å². The molecular weight excluding hydrogens is 378 g/mol. The predicted octanol–water partition coefficient (Wildman–Crippen LogP) is 7.53. The maximum absolute atomic E-state index is 12.7. The predicted molar refractivity (Wildman–Crippen MR) is 131 cm³/mol. The highest BCUT2D eigenvalue weighted by atomic mass is 16.1. The first-order valence-corrected chi connectivity index (χ1v) is 13.8. The Kier molecular flexibility index (Phi) is 6.95. The van der Waals surface area contributed by atoms with E-state index in [0.717, 1.165) is 61.8 Å². The summed E-state index contributed by atoms with van der Waals surface area (Å²) in [6.45, 7) is 13.2. The van der Waals surface area contributed by atoms with Crippen molar-refractivity contribution in [1.82, 2.24) is 5.32 Å².